The van der Waals surface area contributed by atoms with Crippen LogP contribution in [0, 0.1) is 0 Å². The first-order valence-corrected chi connectivity index (χ1v) is 4.68. The van der Waals surface area contributed by atoms with Crippen molar-refractivity contribution in [3.63, 3.8) is 0 Å². The van der Waals surface area contributed by atoms with E-state index in [2.05, 4.69) is 15.9 Å². The molecule has 0 unspecified atom stereocenters. The van der Waals surface area contributed by atoms with Gasteiger partial charge in [0.15, 0.2) is 0 Å². The molecule has 0 aromatic heterocycles. The molecule has 5 heteroatoms. The molecule has 0 fully saturated rings. The Hall–Kier alpha value is -1.07. The summed E-state index contributed by atoms with van der Waals surface area (Å²) in [7, 11) is 1.47. The van der Waals surface area contributed by atoms with Gasteiger partial charge in [0.1, 0.15) is 11.8 Å². The van der Waals surface area contributed by atoms with Gasteiger partial charge in [-0.05, 0) is 12.1 Å². The van der Waals surface area contributed by atoms with Crippen LogP contribution in [0.2, 0.25) is 0 Å². The smallest absolute Gasteiger partial charge is 0.325 e. The lowest BCUT2D eigenvalue weighted by atomic mass is 10.1. The molecule has 0 bridgehead atoms. The number of ether oxygens (including phenoxy) is 1. The van der Waals surface area contributed by atoms with Crippen molar-refractivity contribution in [2.24, 2.45) is 5.73 Å². The number of halogens is 1. The highest BCUT2D eigenvalue weighted by atomic mass is 79.9. The second-order valence-electron chi connectivity index (χ2n) is 2.67. The van der Waals surface area contributed by atoms with Crippen LogP contribution < -0.4 is 10.5 Å². The van der Waals surface area contributed by atoms with E-state index in [0.29, 0.717) is 15.8 Å². The van der Waals surface area contributed by atoms with E-state index in [1.54, 1.807) is 18.2 Å². The quantitative estimate of drug-likeness (QED) is 0.864. The number of carboxylic acids is 1. The molecule has 0 heterocycles. The number of benzene rings is 1. The normalized spacial score (nSPS) is 12.2. The van der Waals surface area contributed by atoms with Gasteiger partial charge in [-0.1, -0.05) is 22.0 Å². The summed E-state index contributed by atoms with van der Waals surface area (Å²) in [4.78, 5) is 10.7. The average Bonchev–Trinajstić information content (AvgIpc) is 2.16. The average molecular weight is 260 g/mol. The Balaban J connectivity index is 3.23. The molecular formula is C9H10BrNO3. The molecule has 0 radical (unpaired) electrons. The van der Waals surface area contributed by atoms with E-state index in [4.69, 9.17) is 15.6 Å². The molecule has 1 aromatic rings. The van der Waals surface area contributed by atoms with Crippen molar-refractivity contribution in [1.82, 2.24) is 0 Å². The Kier molecular flexibility index (Phi) is 3.49. The van der Waals surface area contributed by atoms with Crippen molar-refractivity contribution in [2.75, 3.05) is 7.11 Å². The van der Waals surface area contributed by atoms with Crippen molar-refractivity contribution in [3.05, 3.63) is 28.2 Å². The van der Waals surface area contributed by atoms with Gasteiger partial charge in [-0.25, -0.2) is 0 Å². The predicted molar refractivity (Wildman–Crippen MR) is 55.3 cm³/mol. The molecule has 76 valence electrons. The van der Waals surface area contributed by atoms with Crippen LogP contribution in [0.25, 0.3) is 0 Å². The lowest BCUT2D eigenvalue weighted by Gasteiger charge is -2.13. The van der Waals surface area contributed by atoms with Gasteiger partial charge in [-0.15, -0.1) is 0 Å². The van der Waals surface area contributed by atoms with Gasteiger partial charge < -0.3 is 15.6 Å². The minimum absolute atomic E-state index is 0.447. The number of hydrogen-bond donors (Lipinski definition) is 2. The summed E-state index contributed by atoms with van der Waals surface area (Å²) >= 11 is 3.23. The molecule has 0 amide bonds. The van der Waals surface area contributed by atoms with Crippen LogP contribution in [0.4, 0.5) is 0 Å². The van der Waals surface area contributed by atoms with Gasteiger partial charge >= 0.3 is 5.97 Å². The zero-order valence-corrected chi connectivity index (χ0v) is 9.11. The van der Waals surface area contributed by atoms with E-state index in [0.717, 1.165) is 0 Å². The molecule has 0 aliphatic heterocycles. The summed E-state index contributed by atoms with van der Waals surface area (Å²) < 4.78 is 5.66. The van der Waals surface area contributed by atoms with E-state index in [9.17, 15) is 4.79 Å². The van der Waals surface area contributed by atoms with E-state index in [1.807, 2.05) is 0 Å². The first-order chi connectivity index (χ1) is 6.57. The molecule has 0 aliphatic rings. The van der Waals surface area contributed by atoms with Crippen LogP contribution in [0.1, 0.15) is 11.6 Å². The lowest BCUT2D eigenvalue weighted by Crippen LogP contribution is -2.21. The molecule has 0 saturated heterocycles. The van der Waals surface area contributed by atoms with Gasteiger partial charge in [0.05, 0.1) is 7.11 Å². The summed E-state index contributed by atoms with van der Waals surface area (Å²) in [5, 5.41) is 8.78. The summed E-state index contributed by atoms with van der Waals surface area (Å²) in [6, 6.07) is 4.06. The largest absolute Gasteiger partial charge is 0.496 e. The highest BCUT2D eigenvalue weighted by Crippen LogP contribution is 2.31. The molecule has 1 aromatic carbocycles. The number of methoxy groups -OCH3 is 1. The van der Waals surface area contributed by atoms with Gasteiger partial charge in [-0.3, -0.25) is 4.79 Å². The maximum absolute atomic E-state index is 10.7. The predicted octanol–water partition coefficient (Wildman–Crippen LogP) is 1.54. The Bertz CT molecular complexity index is 354. The van der Waals surface area contributed by atoms with Gasteiger partial charge in [0, 0.05) is 10.0 Å². The van der Waals surface area contributed by atoms with Crippen LogP contribution in [-0.4, -0.2) is 18.2 Å². The highest BCUT2D eigenvalue weighted by molar-refractivity contribution is 9.10. The standard InChI is InChI=1S/C9H10BrNO3/c1-14-6-4-2-3-5(10)7(6)8(11)9(12)13/h2-4,8H,11H2,1H3,(H,12,13)/t8-/m0/s1. The Morgan fingerprint density at radius 2 is 2.29 bits per heavy atom. The van der Waals surface area contributed by atoms with Crippen molar-refractivity contribution in [1.29, 1.82) is 0 Å². The molecule has 0 spiro atoms. The second-order valence-corrected chi connectivity index (χ2v) is 3.53. The van der Waals surface area contributed by atoms with E-state index in [1.165, 1.54) is 7.11 Å². The molecule has 0 saturated carbocycles. The number of rotatable bonds is 3. The zero-order chi connectivity index (χ0) is 10.7. The fraction of sp³-hybridized carbons (Fsp3) is 0.222. The van der Waals surface area contributed by atoms with Gasteiger partial charge in [-0.2, -0.15) is 0 Å². The Labute approximate surface area is 89.8 Å². The molecule has 0 aliphatic carbocycles. The summed E-state index contributed by atoms with van der Waals surface area (Å²) in [6.45, 7) is 0. The van der Waals surface area contributed by atoms with Crippen molar-refractivity contribution >= 4 is 21.9 Å². The van der Waals surface area contributed by atoms with Gasteiger partial charge in [0.2, 0.25) is 0 Å². The third-order valence-corrected chi connectivity index (χ3v) is 2.50. The first kappa shape index (κ1) is 11.0. The third kappa shape index (κ3) is 2.05. The van der Waals surface area contributed by atoms with E-state index in [-0.39, 0.29) is 0 Å². The Morgan fingerprint density at radius 1 is 1.64 bits per heavy atom. The number of nitrogens with two attached hydrogens (primary N) is 1. The highest BCUT2D eigenvalue weighted by Gasteiger charge is 2.21. The fourth-order valence-electron chi connectivity index (χ4n) is 1.12. The molecule has 14 heavy (non-hydrogen) atoms. The van der Waals surface area contributed by atoms with E-state index >= 15 is 0 Å². The topological polar surface area (TPSA) is 72.5 Å². The maximum Gasteiger partial charge on any atom is 0.325 e. The summed E-state index contributed by atoms with van der Waals surface area (Å²) in [5.41, 5.74) is 5.95. The van der Waals surface area contributed by atoms with Crippen LogP contribution in [0.3, 0.4) is 0 Å². The SMILES string of the molecule is COc1cccc(Br)c1[C@H](N)C(=O)O. The van der Waals surface area contributed by atoms with Gasteiger partial charge in [0.25, 0.3) is 0 Å². The molecule has 1 rings (SSSR count). The number of aliphatic carboxylic acids is 1. The number of carbonyl (C=O) groups is 1. The van der Waals surface area contributed by atoms with Crippen LogP contribution in [0.15, 0.2) is 22.7 Å². The zero-order valence-electron chi connectivity index (χ0n) is 7.53. The minimum atomic E-state index is -1.09. The Morgan fingerprint density at radius 3 is 2.79 bits per heavy atom. The van der Waals surface area contributed by atoms with Crippen LogP contribution >= 0.6 is 15.9 Å². The van der Waals surface area contributed by atoms with Crippen LogP contribution in [-0.2, 0) is 4.79 Å². The minimum Gasteiger partial charge on any atom is -0.496 e. The fourth-order valence-corrected chi connectivity index (χ4v) is 1.72. The van der Waals surface area contributed by atoms with Crippen molar-refractivity contribution in [3.8, 4) is 5.75 Å². The summed E-state index contributed by atoms with van der Waals surface area (Å²) in [6.07, 6.45) is 0. The first-order valence-electron chi connectivity index (χ1n) is 3.88. The maximum atomic E-state index is 10.7. The molecule has 4 nitrogen and oxygen atoms in total. The van der Waals surface area contributed by atoms with Crippen LogP contribution in [0.5, 0.6) is 5.75 Å². The lowest BCUT2D eigenvalue weighted by molar-refractivity contribution is -0.138. The summed E-state index contributed by atoms with van der Waals surface area (Å²) in [5.74, 6) is -0.621. The van der Waals surface area contributed by atoms with Crippen molar-refractivity contribution < 1.29 is 14.6 Å². The second kappa shape index (κ2) is 4.43. The number of carboxylic acid groups (broad SMARTS) is 1. The van der Waals surface area contributed by atoms with Crippen molar-refractivity contribution in [2.45, 2.75) is 6.04 Å². The number of hydrogen-bond acceptors (Lipinski definition) is 3. The monoisotopic (exact) mass is 259 g/mol. The van der Waals surface area contributed by atoms with E-state index < -0.39 is 12.0 Å². The third-order valence-electron chi connectivity index (χ3n) is 1.81. The molecule has 1 atom stereocenters. The molecule has 3 N–H and O–H groups in total. The molecular weight excluding hydrogens is 250 g/mol.